The van der Waals surface area contributed by atoms with Crippen LogP contribution in [0.3, 0.4) is 0 Å². The fourth-order valence-corrected chi connectivity index (χ4v) is 3.51. The van der Waals surface area contributed by atoms with Crippen molar-refractivity contribution in [2.75, 3.05) is 6.54 Å². The third-order valence-electron chi connectivity index (χ3n) is 4.18. The first kappa shape index (κ1) is 19.9. The largest absolute Gasteiger partial charge is 0.354 e. The molecule has 0 saturated carbocycles. The number of benzene rings is 2. The molecule has 0 radical (unpaired) electrons. The van der Waals surface area contributed by atoms with Crippen molar-refractivity contribution in [2.24, 2.45) is 5.14 Å². The van der Waals surface area contributed by atoms with Gasteiger partial charge in [-0.1, -0.05) is 24.3 Å². The summed E-state index contributed by atoms with van der Waals surface area (Å²) in [5.74, 6) is -0.349. The minimum absolute atomic E-state index is 0.0326. The smallest absolute Gasteiger partial charge is 0.262 e. The molecule has 0 aliphatic heterocycles. The topological polar surface area (TPSA) is 127 Å². The van der Waals surface area contributed by atoms with Crippen molar-refractivity contribution >= 4 is 39.1 Å². The number of carbonyl (C=O) groups excluding carboxylic acids is 1. The second-order valence-corrected chi connectivity index (χ2v) is 8.10. The SMILES string of the molecule is NS(=O)(=O)c1ccc(CCNC(=O)Cn2c(=S)[nH]c3ccccc3c2=O)cc1. The molecule has 146 valence electrons. The lowest BCUT2D eigenvalue weighted by atomic mass is 10.1. The van der Waals surface area contributed by atoms with E-state index in [4.69, 9.17) is 17.4 Å². The molecule has 0 aliphatic rings. The lowest BCUT2D eigenvalue weighted by Crippen LogP contribution is -2.34. The Morgan fingerprint density at radius 1 is 1.14 bits per heavy atom. The van der Waals surface area contributed by atoms with Gasteiger partial charge in [-0.05, 0) is 48.5 Å². The second kappa shape index (κ2) is 8.05. The van der Waals surface area contributed by atoms with Gasteiger partial charge in [0.1, 0.15) is 6.54 Å². The Kier molecular flexibility index (Phi) is 5.73. The number of nitrogens with two attached hydrogens (primary N) is 1. The van der Waals surface area contributed by atoms with E-state index in [0.717, 1.165) is 5.56 Å². The van der Waals surface area contributed by atoms with Crippen molar-refractivity contribution in [3.63, 3.8) is 0 Å². The molecule has 28 heavy (non-hydrogen) atoms. The van der Waals surface area contributed by atoms with Crippen LogP contribution in [-0.4, -0.2) is 30.4 Å². The van der Waals surface area contributed by atoms with Gasteiger partial charge in [0.15, 0.2) is 4.77 Å². The summed E-state index contributed by atoms with van der Waals surface area (Å²) in [4.78, 5) is 27.7. The lowest BCUT2D eigenvalue weighted by molar-refractivity contribution is -0.121. The number of rotatable bonds is 6. The van der Waals surface area contributed by atoms with Crippen molar-refractivity contribution in [3.05, 3.63) is 69.2 Å². The summed E-state index contributed by atoms with van der Waals surface area (Å²) in [7, 11) is -3.73. The predicted octanol–water partition coefficient (Wildman–Crippen LogP) is 1.07. The highest BCUT2D eigenvalue weighted by atomic mass is 32.2. The van der Waals surface area contributed by atoms with Crippen LogP contribution in [0.25, 0.3) is 10.9 Å². The van der Waals surface area contributed by atoms with Crippen LogP contribution >= 0.6 is 12.2 Å². The zero-order valence-electron chi connectivity index (χ0n) is 14.7. The highest BCUT2D eigenvalue weighted by molar-refractivity contribution is 7.89. The number of amides is 1. The van der Waals surface area contributed by atoms with Gasteiger partial charge in [0.25, 0.3) is 5.56 Å². The third-order valence-corrected chi connectivity index (χ3v) is 5.43. The van der Waals surface area contributed by atoms with Crippen LogP contribution in [0, 0.1) is 4.77 Å². The fourth-order valence-electron chi connectivity index (χ4n) is 2.73. The zero-order valence-corrected chi connectivity index (χ0v) is 16.3. The molecule has 0 spiro atoms. The van der Waals surface area contributed by atoms with E-state index in [0.29, 0.717) is 23.9 Å². The maximum atomic E-state index is 12.5. The van der Waals surface area contributed by atoms with Gasteiger partial charge in [-0.2, -0.15) is 0 Å². The van der Waals surface area contributed by atoms with Crippen LogP contribution in [0.5, 0.6) is 0 Å². The minimum atomic E-state index is -3.73. The van der Waals surface area contributed by atoms with E-state index in [1.807, 2.05) is 0 Å². The first-order chi connectivity index (χ1) is 13.3. The maximum Gasteiger partial charge on any atom is 0.262 e. The summed E-state index contributed by atoms with van der Waals surface area (Å²) >= 11 is 5.18. The van der Waals surface area contributed by atoms with E-state index in [1.54, 1.807) is 36.4 Å². The van der Waals surface area contributed by atoms with Gasteiger partial charge in [-0.3, -0.25) is 14.2 Å². The fraction of sp³-hybridized carbons (Fsp3) is 0.167. The highest BCUT2D eigenvalue weighted by Gasteiger charge is 2.10. The maximum absolute atomic E-state index is 12.5. The minimum Gasteiger partial charge on any atom is -0.354 e. The monoisotopic (exact) mass is 418 g/mol. The van der Waals surface area contributed by atoms with Gasteiger partial charge in [0.05, 0.1) is 15.8 Å². The van der Waals surface area contributed by atoms with Crippen molar-refractivity contribution in [2.45, 2.75) is 17.9 Å². The molecule has 10 heteroatoms. The summed E-state index contributed by atoms with van der Waals surface area (Å²) < 4.78 is 23.9. The van der Waals surface area contributed by atoms with Gasteiger partial charge >= 0.3 is 0 Å². The molecule has 0 aliphatic carbocycles. The summed E-state index contributed by atoms with van der Waals surface area (Å²) in [6.07, 6.45) is 0.496. The Morgan fingerprint density at radius 2 is 1.82 bits per heavy atom. The van der Waals surface area contributed by atoms with Crippen molar-refractivity contribution in [3.8, 4) is 0 Å². The molecule has 0 atom stereocenters. The van der Waals surface area contributed by atoms with E-state index >= 15 is 0 Å². The summed E-state index contributed by atoms with van der Waals surface area (Å²) in [5.41, 5.74) is 1.14. The van der Waals surface area contributed by atoms with E-state index in [1.165, 1.54) is 16.7 Å². The number of para-hydroxylation sites is 1. The standard InChI is InChI=1S/C18H18N4O4S2/c19-28(25,26)13-7-5-12(6-8-13)9-10-20-16(23)11-22-17(24)14-3-1-2-4-15(14)21-18(22)27/h1-8H,9-11H2,(H,20,23)(H,21,27)(H2,19,25,26). The molecule has 8 nitrogen and oxygen atoms in total. The molecule has 4 N–H and O–H groups in total. The molecule has 1 heterocycles. The first-order valence-corrected chi connectivity index (χ1v) is 10.3. The quantitative estimate of drug-likeness (QED) is 0.516. The van der Waals surface area contributed by atoms with Crippen LogP contribution in [-0.2, 0) is 27.8 Å². The summed E-state index contributed by atoms with van der Waals surface area (Å²) in [6.45, 7) is 0.135. The number of nitrogens with zero attached hydrogens (tertiary/aromatic N) is 1. The van der Waals surface area contributed by atoms with Gasteiger partial charge in [-0.15, -0.1) is 0 Å². The normalized spacial score (nSPS) is 11.5. The molecule has 2 aromatic carbocycles. The molecule has 1 aromatic heterocycles. The highest BCUT2D eigenvalue weighted by Crippen LogP contribution is 2.09. The average Bonchev–Trinajstić information content (AvgIpc) is 2.65. The molecule has 0 fully saturated rings. The molecule has 1 amide bonds. The molecule has 0 unspecified atom stereocenters. The van der Waals surface area contributed by atoms with Gasteiger partial charge in [-0.25, -0.2) is 13.6 Å². The summed E-state index contributed by atoms with van der Waals surface area (Å²) in [5, 5.41) is 8.24. The van der Waals surface area contributed by atoms with E-state index in [-0.39, 0.29) is 27.7 Å². The average molecular weight is 419 g/mol. The molecule has 3 aromatic rings. The van der Waals surface area contributed by atoms with E-state index < -0.39 is 10.0 Å². The molecular formula is C18H18N4O4S2. The Hall–Kier alpha value is -2.82. The Bertz CT molecular complexity index is 1250. The third kappa shape index (κ3) is 4.53. The first-order valence-electron chi connectivity index (χ1n) is 8.36. The number of H-pyrrole nitrogens is 1. The Balaban J connectivity index is 1.63. The number of hydrogen-bond acceptors (Lipinski definition) is 5. The molecule has 0 bridgehead atoms. The van der Waals surface area contributed by atoms with Crippen LogP contribution in [0.1, 0.15) is 5.56 Å². The van der Waals surface area contributed by atoms with Crippen LogP contribution in [0.2, 0.25) is 0 Å². The number of carbonyl (C=O) groups is 1. The molecule has 3 rings (SSSR count). The van der Waals surface area contributed by atoms with Crippen LogP contribution < -0.4 is 16.0 Å². The zero-order chi connectivity index (χ0) is 20.3. The Labute approximate surface area is 166 Å². The van der Waals surface area contributed by atoms with Gasteiger partial charge < -0.3 is 10.3 Å². The second-order valence-electron chi connectivity index (χ2n) is 6.16. The van der Waals surface area contributed by atoms with Crippen molar-refractivity contribution in [1.29, 1.82) is 0 Å². The predicted molar refractivity (Wildman–Crippen MR) is 108 cm³/mol. The van der Waals surface area contributed by atoms with Gasteiger partial charge in [0.2, 0.25) is 15.9 Å². The van der Waals surface area contributed by atoms with E-state index in [9.17, 15) is 18.0 Å². The van der Waals surface area contributed by atoms with Gasteiger partial charge in [0, 0.05) is 6.54 Å². The summed E-state index contributed by atoms with van der Waals surface area (Å²) in [6, 6.07) is 13.1. The van der Waals surface area contributed by atoms with Crippen LogP contribution in [0.15, 0.2) is 58.2 Å². The number of sulfonamides is 1. The number of aromatic amines is 1. The number of aromatic nitrogens is 2. The number of primary sulfonamides is 1. The lowest BCUT2D eigenvalue weighted by Gasteiger charge is -2.09. The Morgan fingerprint density at radius 3 is 2.50 bits per heavy atom. The number of hydrogen-bond donors (Lipinski definition) is 3. The van der Waals surface area contributed by atoms with E-state index in [2.05, 4.69) is 10.3 Å². The molecule has 0 saturated heterocycles. The van der Waals surface area contributed by atoms with Crippen LogP contribution in [0.4, 0.5) is 0 Å². The number of nitrogens with one attached hydrogen (secondary N) is 2. The van der Waals surface area contributed by atoms with Crippen molar-refractivity contribution in [1.82, 2.24) is 14.9 Å². The number of fused-ring (bicyclic) bond motifs is 1. The van der Waals surface area contributed by atoms with Crippen molar-refractivity contribution < 1.29 is 13.2 Å². The molecular weight excluding hydrogens is 400 g/mol.